The van der Waals surface area contributed by atoms with Gasteiger partial charge < -0.3 is 10.1 Å². The number of nitrogens with zero attached hydrogens (tertiary/aromatic N) is 1. The highest BCUT2D eigenvalue weighted by Gasteiger charge is 2.10. The summed E-state index contributed by atoms with van der Waals surface area (Å²) in [6.45, 7) is 2.84. The molecule has 0 aliphatic rings. The smallest absolute Gasteiger partial charge is 0.123 e. The third kappa shape index (κ3) is 3.78. The molecule has 0 saturated carbocycles. The number of ether oxygens (including phenoxy) is 1. The van der Waals surface area contributed by atoms with Crippen LogP contribution in [0.2, 0.25) is 0 Å². The van der Waals surface area contributed by atoms with Gasteiger partial charge in [0.25, 0.3) is 0 Å². The quantitative estimate of drug-likeness (QED) is 0.853. The molecule has 0 unspecified atom stereocenters. The molecule has 2 aromatic rings. The lowest BCUT2D eigenvalue weighted by Crippen LogP contribution is -2.19. The molecule has 1 heterocycles. The summed E-state index contributed by atoms with van der Waals surface area (Å²) < 4.78 is 6.23. The number of aromatic nitrogens is 1. The van der Waals surface area contributed by atoms with E-state index in [1.54, 1.807) is 7.11 Å². The molecule has 1 atom stereocenters. The van der Waals surface area contributed by atoms with Crippen molar-refractivity contribution in [1.29, 1.82) is 0 Å². The molecule has 100 valence electrons. The molecule has 0 radical (unpaired) electrons. The number of pyridine rings is 1. The Labute approximate surface area is 122 Å². The van der Waals surface area contributed by atoms with Crippen LogP contribution in [0.4, 0.5) is 0 Å². The molecule has 0 saturated heterocycles. The minimum Gasteiger partial charge on any atom is -0.496 e. The molecule has 0 amide bonds. The molecule has 0 bridgehead atoms. The van der Waals surface area contributed by atoms with Crippen molar-refractivity contribution in [2.24, 2.45) is 0 Å². The van der Waals surface area contributed by atoms with Crippen molar-refractivity contribution in [2.45, 2.75) is 19.5 Å². The fraction of sp³-hybridized carbons (Fsp3) is 0.267. The third-order valence-corrected chi connectivity index (χ3v) is 3.41. The Morgan fingerprint density at radius 1 is 1.21 bits per heavy atom. The van der Waals surface area contributed by atoms with E-state index in [1.807, 2.05) is 36.4 Å². The van der Waals surface area contributed by atoms with Gasteiger partial charge in [0.15, 0.2) is 0 Å². The summed E-state index contributed by atoms with van der Waals surface area (Å²) in [7, 11) is 1.70. The highest BCUT2D eigenvalue weighted by atomic mass is 79.9. The first kappa shape index (κ1) is 14.0. The van der Waals surface area contributed by atoms with Gasteiger partial charge >= 0.3 is 0 Å². The summed E-state index contributed by atoms with van der Waals surface area (Å²) in [6, 6.07) is 14.2. The van der Waals surface area contributed by atoms with Crippen LogP contribution in [0.1, 0.15) is 24.2 Å². The second-order valence-electron chi connectivity index (χ2n) is 4.30. The molecule has 0 aliphatic heterocycles. The molecule has 4 heteroatoms. The minimum atomic E-state index is 0.205. The number of hydrogen-bond donors (Lipinski definition) is 1. The third-order valence-electron chi connectivity index (χ3n) is 2.97. The lowest BCUT2D eigenvalue weighted by Gasteiger charge is -2.17. The van der Waals surface area contributed by atoms with Crippen LogP contribution in [0.25, 0.3) is 0 Å². The predicted molar refractivity (Wildman–Crippen MR) is 80.2 cm³/mol. The summed E-state index contributed by atoms with van der Waals surface area (Å²) in [5, 5.41) is 3.45. The van der Waals surface area contributed by atoms with Crippen LogP contribution in [-0.4, -0.2) is 12.1 Å². The van der Waals surface area contributed by atoms with Gasteiger partial charge in [0, 0.05) is 18.2 Å². The maximum Gasteiger partial charge on any atom is 0.123 e. The van der Waals surface area contributed by atoms with Crippen molar-refractivity contribution >= 4 is 15.9 Å². The lowest BCUT2D eigenvalue weighted by molar-refractivity contribution is 0.401. The molecule has 1 aromatic heterocycles. The van der Waals surface area contributed by atoms with Gasteiger partial charge in [-0.05, 0) is 41.1 Å². The second-order valence-corrected chi connectivity index (χ2v) is 5.11. The first-order chi connectivity index (χ1) is 9.20. The molecular weight excluding hydrogens is 304 g/mol. The molecule has 1 N–H and O–H groups in total. The Morgan fingerprint density at radius 2 is 2.00 bits per heavy atom. The van der Waals surface area contributed by atoms with E-state index in [1.165, 1.54) is 0 Å². The van der Waals surface area contributed by atoms with Crippen molar-refractivity contribution < 1.29 is 4.74 Å². The number of nitrogens with one attached hydrogen (secondary N) is 1. The van der Waals surface area contributed by atoms with Gasteiger partial charge in [-0.3, -0.25) is 0 Å². The van der Waals surface area contributed by atoms with E-state index < -0.39 is 0 Å². The van der Waals surface area contributed by atoms with Gasteiger partial charge in [-0.2, -0.15) is 0 Å². The van der Waals surface area contributed by atoms with E-state index in [0.29, 0.717) is 0 Å². The maximum atomic E-state index is 5.37. The fourth-order valence-electron chi connectivity index (χ4n) is 1.94. The molecular formula is C15H17BrN2O. The van der Waals surface area contributed by atoms with Crippen molar-refractivity contribution in [1.82, 2.24) is 10.3 Å². The summed E-state index contributed by atoms with van der Waals surface area (Å²) >= 11 is 3.38. The van der Waals surface area contributed by atoms with Gasteiger partial charge in [0.05, 0.1) is 12.8 Å². The van der Waals surface area contributed by atoms with Crippen LogP contribution in [0, 0.1) is 0 Å². The molecule has 2 rings (SSSR count). The zero-order chi connectivity index (χ0) is 13.7. The van der Waals surface area contributed by atoms with E-state index in [9.17, 15) is 0 Å². The van der Waals surface area contributed by atoms with E-state index >= 15 is 0 Å². The topological polar surface area (TPSA) is 34.1 Å². The molecule has 19 heavy (non-hydrogen) atoms. The number of para-hydroxylation sites is 1. The van der Waals surface area contributed by atoms with E-state index in [-0.39, 0.29) is 6.04 Å². The van der Waals surface area contributed by atoms with Crippen LogP contribution >= 0.6 is 15.9 Å². The van der Waals surface area contributed by atoms with Gasteiger partial charge in [-0.1, -0.05) is 24.3 Å². The average molecular weight is 321 g/mol. The maximum absolute atomic E-state index is 5.37. The number of hydrogen-bond acceptors (Lipinski definition) is 3. The van der Waals surface area contributed by atoms with Crippen LogP contribution in [0.5, 0.6) is 5.75 Å². The van der Waals surface area contributed by atoms with Gasteiger partial charge in [-0.15, -0.1) is 0 Å². The zero-order valence-corrected chi connectivity index (χ0v) is 12.6. The number of halogens is 1. The SMILES string of the molecule is COc1ccccc1[C@@H](C)NCc1cccc(Br)n1. The van der Waals surface area contributed by atoms with E-state index in [0.717, 1.165) is 28.2 Å². The highest BCUT2D eigenvalue weighted by molar-refractivity contribution is 9.10. The Morgan fingerprint density at radius 3 is 2.74 bits per heavy atom. The van der Waals surface area contributed by atoms with E-state index in [4.69, 9.17) is 4.74 Å². The standard InChI is InChI=1S/C15H17BrN2O/c1-11(13-7-3-4-8-14(13)19-2)17-10-12-6-5-9-15(16)18-12/h3-9,11,17H,10H2,1-2H3/t11-/m1/s1. The Hall–Kier alpha value is -1.39. The van der Waals surface area contributed by atoms with Crippen LogP contribution in [0.15, 0.2) is 47.1 Å². The van der Waals surface area contributed by atoms with Crippen molar-refractivity contribution in [2.75, 3.05) is 7.11 Å². The van der Waals surface area contributed by atoms with Crippen molar-refractivity contribution in [3.8, 4) is 5.75 Å². The monoisotopic (exact) mass is 320 g/mol. The largest absolute Gasteiger partial charge is 0.496 e. The average Bonchev–Trinajstić information content (AvgIpc) is 2.45. The Bertz CT molecular complexity index is 545. The highest BCUT2D eigenvalue weighted by Crippen LogP contribution is 2.24. The predicted octanol–water partition coefficient (Wildman–Crippen LogP) is 3.70. The fourth-order valence-corrected chi connectivity index (χ4v) is 2.32. The summed E-state index contributed by atoms with van der Waals surface area (Å²) in [5.74, 6) is 0.907. The van der Waals surface area contributed by atoms with Gasteiger partial charge in [0.2, 0.25) is 0 Å². The molecule has 3 nitrogen and oxygen atoms in total. The number of benzene rings is 1. The summed E-state index contributed by atoms with van der Waals surface area (Å²) in [6.07, 6.45) is 0. The van der Waals surface area contributed by atoms with Crippen molar-refractivity contribution in [3.63, 3.8) is 0 Å². The van der Waals surface area contributed by atoms with Crippen molar-refractivity contribution in [3.05, 3.63) is 58.3 Å². The summed E-state index contributed by atoms with van der Waals surface area (Å²) in [4.78, 5) is 4.40. The van der Waals surface area contributed by atoms with Crippen LogP contribution in [0.3, 0.4) is 0 Å². The van der Waals surface area contributed by atoms with E-state index in [2.05, 4.69) is 39.2 Å². The first-order valence-corrected chi connectivity index (χ1v) is 6.97. The lowest BCUT2D eigenvalue weighted by atomic mass is 10.1. The molecule has 0 spiro atoms. The minimum absolute atomic E-state index is 0.205. The Kier molecular flexibility index (Phi) is 4.93. The van der Waals surface area contributed by atoms with Gasteiger partial charge in [0.1, 0.15) is 10.4 Å². The molecule has 0 fully saturated rings. The second kappa shape index (κ2) is 6.68. The Balaban J connectivity index is 2.03. The number of rotatable bonds is 5. The normalized spacial score (nSPS) is 12.2. The van der Waals surface area contributed by atoms with Gasteiger partial charge in [-0.25, -0.2) is 4.98 Å². The molecule has 0 aliphatic carbocycles. The first-order valence-electron chi connectivity index (χ1n) is 6.18. The molecule has 1 aromatic carbocycles. The number of methoxy groups -OCH3 is 1. The zero-order valence-electron chi connectivity index (χ0n) is 11.1. The van der Waals surface area contributed by atoms with Crippen LogP contribution < -0.4 is 10.1 Å². The summed E-state index contributed by atoms with van der Waals surface area (Å²) in [5.41, 5.74) is 2.16. The van der Waals surface area contributed by atoms with Crippen LogP contribution in [-0.2, 0) is 6.54 Å².